The van der Waals surface area contributed by atoms with Gasteiger partial charge in [0.15, 0.2) is 0 Å². The predicted molar refractivity (Wildman–Crippen MR) is 86.1 cm³/mol. The van der Waals surface area contributed by atoms with Crippen molar-refractivity contribution in [2.24, 2.45) is 0 Å². The van der Waals surface area contributed by atoms with Gasteiger partial charge < -0.3 is 9.72 Å². The molecule has 1 N–H and O–H groups in total. The quantitative estimate of drug-likeness (QED) is 0.898. The van der Waals surface area contributed by atoms with Gasteiger partial charge >= 0.3 is 0 Å². The second kappa shape index (κ2) is 7.06. The smallest absolute Gasteiger partial charge is 0.251 e. The fourth-order valence-electron chi connectivity index (χ4n) is 2.86. The first-order valence-electron chi connectivity index (χ1n) is 8.07. The number of aromatic nitrogens is 4. The Balaban J connectivity index is 1.66. The molecule has 3 rings (SSSR count). The zero-order valence-electron chi connectivity index (χ0n) is 13.7. The van der Waals surface area contributed by atoms with E-state index in [1.165, 1.54) is 11.6 Å². The number of hydrogen-bond acceptors (Lipinski definition) is 5. The minimum absolute atomic E-state index is 0.130. The van der Waals surface area contributed by atoms with Gasteiger partial charge in [-0.2, -0.15) is 5.10 Å². The highest BCUT2D eigenvalue weighted by atomic mass is 16.5. The summed E-state index contributed by atoms with van der Waals surface area (Å²) in [7, 11) is 0. The number of nitrogens with one attached hydrogen (secondary N) is 1. The SMILES string of the molecule is CCCn1cc(CN2CCOC(c3nc(C)cc(=O)[nH]3)C2)cn1. The van der Waals surface area contributed by atoms with Crippen LogP contribution in [0.4, 0.5) is 0 Å². The maximum atomic E-state index is 11.6. The molecule has 1 fully saturated rings. The van der Waals surface area contributed by atoms with Gasteiger partial charge in [0.25, 0.3) is 5.56 Å². The third-order valence-electron chi connectivity index (χ3n) is 3.89. The summed E-state index contributed by atoms with van der Waals surface area (Å²) in [5, 5.41) is 4.37. The molecule has 2 aromatic rings. The van der Waals surface area contributed by atoms with Crippen molar-refractivity contribution in [2.75, 3.05) is 19.7 Å². The van der Waals surface area contributed by atoms with Gasteiger partial charge in [-0.25, -0.2) is 4.98 Å². The van der Waals surface area contributed by atoms with Gasteiger partial charge in [0.05, 0.1) is 12.8 Å². The summed E-state index contributed by atoms with van der Waals surface area (Å²) in [6.07, 6.45) is 4.91. The van der Waals surface area contributed by atoms with E-state index < -0.39 is 0 Å². The van der Waals surface area contributed by atoms with Crippen molar-refractivity contribution < 1.29 is 4.74 Å². The normalized spacial score (nSPS) is 19.1. The van der Waals surface area contributed by atoms with Crippen LogP contribution in [0.3, 0.4) is 0 Å². The van der Waals surface area contributed by atoms with Gasteiger partial charge in [-0.3, -0.25) is 14.4 Å². The second-order valence-corrected chi connectivity index (χ2v) is 5.98. The van der Waals surface area contributed by atoms with Crippen LogP contribution in [0, 0.1) is 6.92 Å². The largest absolute Gasteiger partial charge is 0.368 e. The Morgan fingerprint density at radius 2 is 2.35 bits per heavy atom. The summed E-state index contributed by atoms with van der Waals surface area (Å²) in [6.45, 7) is 7.95. The van der Waals surface area contributed by atoms with Crippen LogP contribution in [0.1, 0.15) is 36.5 Å². The Kier molecular flexibility index (Phi) is 4.88. The van der Waals surface area contributed by atoms with Crippen molar-refractivity contribution >= 4 is 0 Å². The number of morpholine rings is 1. The third-order valence-corrected chi connectivity index (χ3v) is 3.89. The van der Waals surface area contributed by atoms with Crippen molar-refractivity contribution in [3.05, 3.63) is 45.9 Å². The van der Waals surface area contributed by atoms with Crippen LogP contribution in [0.15, 0.2) is 23.3 Å². The lowest BCUT2D eigenvalue weighted by atomic mass is 10.2. The Morgan fingerprint density at radius 3 is 3.13 bits per heavy atom. The molecule has 0 bridgehead atoms. The number of ether oxygens (including phenoxy) is 1. The molecule has 1 atom stereocenters. The first-order chi connectivity index (χ1) is 11.1. The van der Waals surface area contributed by atoms with Crippen LogP contribution in [0.25, 0.3) is 0 Å². The zero-order chi connectivity index (χ0) is 16.2. The van der Waals surface area contributed by atoms with E-state index >= 15 is 0 Å². The van der Waals surface area contributed by atoms with Gasteiger partial charge in [-0.05, 0) is 13.3 Å². The van der Waals surface area contributed by atoms with E-state index in [0.717, 1.165) is 26.1 Å². The van der Waals surface area contributed by atoms with Gasteiger partial charge in [-0.15, -0.1) is 0 Å². The van der Waals surface area contributed by atoms with E-state index in [9.17, 15) is 4.79 Å². The predicted octanol–water partition coefficient (Wildman–Crippen LogP) is 1.26. The van der Waals surface area contributed by atoms with Crippen LogP contribution in [0.2, 0.25) is 0 Å². The molecule has 0 radical (unpaired) electrons. The van der Waals surface area contributed by atoms with E-state index in [4.69, 9.17) is 4.74 Å². The standard InChI is InChI=1S/C16H23N5O2/c1-3-4-21-10-13(8-17-21)9-20-5-6-23-14(11-20)16-18-12(2)7-15(22)19-16/h7-8,10,14H,3-6,9,11H2,1-2H3,(H,18,19,22). The van der Waals surface area contributed by atoms with Crippen molar-refractivity contribution in [3.63, 3.8) is 0 Å². The molecule has 1 unspecified atom stereocenters. The highest BCUT2D eigenvalue weighted by molar-refractivity contribution is 5.06. The molecule has 124 valence electrons. The summed E-state index contributed by atoms with van der Waals surface area (Å²) in [5.41, 5.74) is 1.78. The van der Waals surface area contributed by atoms with Crippen LogP contribution in [-0.2, 0) is 17.8 Å². The molecule has 0 amide bonds. The van der Waals surface area contributed by atoms with Crippen LogP contribution >= 0.6 is 0 Å². The average Bonchev–Trinajstić information content (AvgIpc) is 2.94. The average molecular weight is 317 g/mol. The van der Waals surface area contributed by atoms with Gasteiger partial charge in [0.2, 0.25) is 0 Å². The fourth-order valence-corrected chi connectivity index (χ4v) is 2.86. The third kappa shape index (κ3) is 4.05. The van der Waals surface area contributed by atoms with Crippen molar-refractivity contribution in [2.45, 2.75) is 39.5 Å². The number of nitrogens with zero attached hydrogens (tertiary/aromatic N) is 4. The van der Waals surface area contributed by atoms with E-state index in [1.807, 2.05) is 17.8 Å². The number of H-pyrrole nitrogens is 1. The lowest BCUT2D eigenvalue weighted by molar-refractivity contribution is -0.0374. The van der Waals surface area contributed by atoms with Gasteiger partial charge in [-0.1, -0.05) is 6.92 Å². The maximum absolute atomic E-state index is 11.6. The van der Waals surface area contributed by atoms with E-state index in [-0.39, 0.29) is 11.7 Å². The molecule has 1 saturated heterocycles. The second-order valence-electron chi connectivity index (χ2n) is 5.98. The Hall–Kier alpha value is -1.99. The molecular weight excluding hydrogens is 294 g/mol. The molecule has 0 aromatic carbocycles. The monoisotopic (exact) mass is 317 g/mol. The minimum Gasteiger partial charge on any atom is -0.368 e. The summed E-state index contributed by atoms with van der Waals surface area (Å²) in [4.78, 5) is 21.1. The summed E-state index contributed by atoms with van der Waals surface area (Å²) >= 11 is 0. The molecular formula is C16H23N5O2. The number of rotatable bonds is 5. The molecule has 0 spiro atoms. The molecule has 23 heavy (non-hydrogen) atoms. The Bertz CT molecular complexity index is 708. The number of aromatic amines is 1. The number of aryl methyl sites for hydroxylation is 2. The van der Waals surface area contributed by atoms with Gasteiger partial charge in [0, 0.05) is 49.7 Å². The first kappa shape index (κ1) is 15.9. The van der Waals surface area contributed by atoms with Crippen LogP contribution in [0.5, 0.6) is 0 Å². The molecule has 1 aliphatic rings. The topological polar surface area (TPSA) is 76.0 Å². The molecule has 7 nitrogen and oxygen atoms in total. The highest BCUT2D eigenvalue weighted by Gasteiger charge is 2.24. The fraction of sp³-hybridized carbons (Fsp3) is 0.562. The summed E-state index contributed by atoms with van der Waals surface area (Å²) in [5.74, 6) is 0.612. The van der Waals surface area contributed by atoms with Gasteiger partial charge in [0.1, 0.15) is 11.9 Å². The molecule has 1 aliphatic heterocycles. The lowest BCUT2D eigenvalue weighted by Crippen LogP contribution is -2.38. The zero-order valence-corrected chi connectivity index (χ0v) is 13.7. The van der Waals surface area contributed by atoms with Crippen LogP contribution < -0.4 is 5.56 Å². The minimum atomic E-state index is -0.193. The maximum Gasteiger partial charge on any atom is 0.251 e. The summed E-state index contributed by atoms with van der Waals surface area (Å²) in [6, 6.07) is 1.49. The Morgan fingerprint density at radius 1 is 1.48 bits per heavy atom. The van der Waals surface area contributed by atoms with Crippen molar-refractivity contribution in [1.29, 1.82) is 0 Å². The first-order valence-corrected chi connectivity index (χ1v) is 8.07. The van der Waals surface area contributed by atoms with E-state index in [0.29, 0.717) is 24.7 Å². The van der Waals surface area contributed by atoms with E-state index in [2.05, 4.69) is 33.1 Å². The highest BCUT2D eigenvalue weighted by Crippen LogP contribution is 2.20. The Labute approximate surface area is 135 Å². The van der Waals surface area contributed by atoms with Crippen molar-refractivity contribution in [3.8, 4) is 0 Å². The van der Waals surface area contributed by atoms with E-state index in [1.54, 1.807) is 0 Å². The molecule has 3 heterocycles. The molecule has 7 heteroatoms. The van der Waals surface area contributed by atoms with Crippen LogP contribution in [-0.4, -0.2) is 44.3 Å². The van der Waals surface area contributed by atoms with Crippen molar-refractivity contribution in [1.82, 2.24) is 24.6 Å². The lowest BCUT2D eigenvalue weighted by Gasteiger charge is -2.32. The summed E-state index contributed by atoms with van der Waals surface area (Å²) < 4.78 is 7.77. The molecule has 2 aromatic heterocycles. The molecule has 0 aliphatic carbocycles. The molecule has 0 saturated carbocycles. The number of hydrogen-bond donors (Lipinski definition) is 1.